The van der Waals surface area contributed by atoms with E-state index in [0.29, 0.717) is 17.9 Å². The van der Waals surface area contributed by atoms with Gasteiger partial charge in [-0.05, 0) is 37.8 Å². The summed E-state index contributed by atoms with van der Waals surface area (Å²) in [6, 6.07) is 4.03. The Balaban J connectivity index is 1.49. The van der Waals surface area contributed by atoms with E-state index in [9.17, 15) is 0 Å². The van der Waals surface area contributed by atoms with Gasteiger partial charge in [-0.1, -0.05) is 5.16 Å². The Morgan fingerprint density at radius 2 is 2.18 bits per heavy atom. The van der Waals surface area contributed by atoms with Crippen molar-refractivity contribution in [1.29, 1.82) is 0 Å². The molecular weight excluding hydrogens is 280 g/mol. The van der Waals surface area contributed by atoms with Crippen LogP contribution in [0, 0.1) is 0 Å². The zero-order valence-corrected chi connectivity index (χ0v) is 12.7. The molecule has 4 rings (SSSR count). The molecule has 1 saturated carbocycles. The largest absolute Gasteiger partial charge is 0.380 e. The standard InChI is InChI=1S/C16H20N4O2/c1-21-13-3-2-8-20(10-13)14-7-6-12(9-17-14)16-18-15(19-22-16)11-4-5-11/h6-7,9,11,13H,2-5,8,10H2,1H3. The zero-order chi connectivity index (χ0) is 14.9. The lowest BCUT2D eigenvalue weighted by Crippen LogP contribution is -2.39. The number of methoxy groups -OCH3 is 1. The molecule has 0 amide bonds. The van der Waals surface area contributed by atoms with Crippen LogP contribution in [-0.4, -0.2) is 41.4 Å². The molecule has 0 bridgehead atoms. The molecule has 1 aliphatic heterocycles. The summed E-state index contributed by atoms with van der Waals surface area (Å²) >= 11 is 0. The van der Waals surface area contributed by atoms with Crippen LogP contribution in [0.4, 0.5) is 5.82 Å². The van der Waals surface area contributed by atoms with Crippen LogP contribution in [0.3, 0.4) is 0 Å². The fourth-order valence-corrected chi connectivity index (χ4v) is 2.90. The molecule has 0 N–H and O–H groups in total. The second-order valence-electron chi connectivity index (χ2n) is 6.08. The molecule has 6 nitrogen and oxygen atoms in total. The normalized spacial score (nSPS) is 22.0. The van der Waals surface area contributed by atoms with Crippen LogP contribution < -0.4 is 4.90 Å². The van der Waals surface area contributed by atoms with Gasteiger partial charge in [0.05, 0.1) is 11.7 Å². The average Bonchev–Trinajstić information content (AvgIpc) is 3.32. The van der Waals surface area contributed by atoms with Crippen molar-refractivity contribution < 1.29 is 9.26 Å². The highest BCUT2D eigenvalue weighted by atomic mass is 16.5. The van der Waals surface area contributed by atoms with Crippen LogP contribution in [0.25, 0.3) is 11.5 Å². The number of pyridine rings is 1. The molecule has 1 aliphatic carbocycles. The van der Waals surface area contributed by atoms with Gasteiger partial charge in [-0.25, -0.2) is 4.98 Å². The Bertz CT molecular complexity index is 636. The van der Waals surface area contributed by atoms with Crippen LogP contribution >= 0.6 is 0 Å². The van der Waals surface area contributed by atoms with E-state index in [4.69, 9.17) is 9.26 Å². The highest BCUT2D eigenvalue weighted by molar-refractivity contribution is 5.55. The van der Waals surface area contributed by atoms with Crippen LogP contribution in [0.15, 0.2) is 22.9 Å². The second kappa shape index (κ2) is 5.68. The van der Waals surface area contributed by atoms with E-state index in [1.807, 2.05) is 18.3 Å². The number of hydrogen-bond acceptors (Lipinski definition) is 6. The predicted octanol–water partition coefficient (Wildman–Crippen LogP) is 2.62. The Morgan fingerprint density at radius 3 is 2.91 bits per heavy atom. The Labute approximate surface area is 129 Å². The van der Waals surface area contributed by atoms with Gasteiger partial charge >= 0.3 is 0 Å². The molecule has 22 heavy (non-hydrogen) atoms. The average molecular weight is 300 g/mol. The first kappa shape index (κ1) is 13.7. The minimum atomic E-state index is 0.298. The lowest BCUT2D eigenvalue weighted by molar-refractivity contribution is 0.0891. The van der Waals surface area contributed by atoms with Gasteiger partial charge in [0.1, 0.15) is 5.82 Å². The van der Waals surface area contributed by atoms with Gasteiger partial charge in [0.2, 0.25) is 0 Å². The summed E-state index contributed by atoms with van der Waals surface area (Å²) in [6.45, 7) is 1.92. The maximum absolute atomic E-state index is 5.46. The van der Waals surface area contributed by atoms with Crippen molar-refractivity contribution in [3.05, 3.63) is 24.2 Å². The third-order valence-corrected chi connectivity index (χ3v) is 4.41. The molecule has 2 aromatic heterocycles. The summed E-state index contributed by atoms with van der Waals surface area (Å²) in [5.74, 6) is 2.88. The molecule has 2 aromatic rings. The minimum absolute atomic E-state index is 0.298. The summed E-state index contributed by atoms with van der Waals surface area (Å²) in [6.07, 6.45) is 6.72. The van der Waals surface area contributed by atoms with Crippen molar-refractivity contribution >= 4 is 5.82 Å². The number of nitrogens with zero attached hydrogens (tertiary/aromatic N) is 4. The highest BCUT2D eigenvalue weighted by Crippen LogP contribution is 2.38. The first-order chi connectivity index (χ1) is 10.8. The molecule has 116 valence electrons. The van der Waals surface area contributed by atoms with E-state index in [0.717, 1.165) is 43.1 Å². The van der Waals surface area contributed by atoms with E-state index in [1.165, 1.54) is 12.8 Å². The molecule has 0 radical (unpaired) electrons. The van der Waals surface area contributed by atoms with Gasteiger partial charge in [0.15, 0.2) is 5.82 Å². The molecule has 1 saturated heterocycles. The third-order valence-electron chi connectivity index (χ3n) is 4.41. The quantitative estimate of drug-likeness (QED) is 0.865. The monoisotopic (exact) mass is 300 g/mol. The number of piperidine rings is 1. The maximum Gasteiger partial charge on any atom is 0.259 e. The number of hydrogen-bond donors (Lipinski definition) is 0. The fraction of sp³-hybridized carbons (Fsp3) is 0.562. The smallest absolute Gasteiger partial charge is 0.259 e. The predicted molar refractivity (Wildman–Crippen MR) is 81.7 cm³/mol. The van der Waals surface area contributed by atoms with Crippen LogP contribution in [0.5, 0.6) is 0 Å². The molecular formula is C16H20N4O2. The Morgan fingerprint density at radius 1 is 1.27 bits per heavy atom. The van der Waals surface area contributed by atoms with Crippen LogP contribution in [0.1, 0.15) is 37.4 Å². The number of aromatic nitrogens is 3. The summed E-state index contributed by atoms with van der Waals surface area (Å²) in [4.78, 5) is 11.3. The van der Waals surface area contributed by atoms with Gasteiger partial charge in [0.25, 0.3) is 5.89 Å². The van der Waals surface area contributed by atoms with E-state index in [-0.39, 0.29) is 0 Å². The van der Waals surface area contributed by atoms with E-state index >= 15 is 0 Å². The van der Waals surface area contributed by atoms with Crippen molar-refractivity contribution in [3.8, 4) is 11.5 Å². The first-order valence-corrected chi connectivity index (χ1v) is 7.91. The lowest BCUT2D eigenvalue weighted by Gasteiger charge is -2.32. The van der Waals surface area contributed by atoms with Crippen molar-refractivity contribution in [2.75, 3.05) is 25.1 Å². The van der Waals surface area contributed by atoms with Gasteiger partial charge in [-0.3, -0.25) is 0 Å². The third kappa shape index (κ3) is 2.70. The molecule has 1 atom stereocenters. The van der Waals surface area contributed by atoms with Crippen molar-refractivity contribution in [1.82, 2.24) is 15.1 Å². The number of anilines is 1. The summed E-state index contributed by atoms with van der Waals surface area (Å²) in [5.41, 5.74) is 0.878. The lowest BCUT2D eigenvalue weighted by atomic mass is 10.1. The van der Waals surface area contributed by atoms with Crippen LogP contribution in [0.2, 0.25) is 0 Å². The molecule has 6 heteroatoms. The van der Waals surface area contributed by atoms with Gasteiger partial charge < -0.3 is 14.2 Å². The van der Waals surface area contributed by atoms with Crippen molar-refractivity contribution in [2.45, 2.75) is 37.7 Å². The molecule has 3 heterocycles. The van der Waals surface area contributed by atoms with Gasteiger partial charge in [-0.15, -0.1) is 0 Å². The summed E-state index contributed by atoms with van der Waals surface area (Å²) < 4.78 is 10.8. The minimum Gasteiger partial charge on any atom is -0.380 e. The van der Waals surface area contributed by atoms with Gasteiger partial charge in [-0.2, -0.15) is 4.98 Å². The Hall–Kier alpha value is -1.95. The topological polar surface area (TPSA) is 64.3 Å². The highest BCUT2D eigenvalue weighted by Gasteiger charge is 2.29. The van der Waals surface area contributed by atoms with Crippen molar-refractivity contribution in [3.63, 3.8) is 0 Å². The summed E-state index contributed by atoms with van der Waals surface area (Å²) in [7, 11) is 1.78. The SMILES string of the molecule is COC1CCCN(c2ccc(-c3nc(C4CC4)no3)cn2)C1. The van der Waals surface area contributed by atoms with Crippen molar-refractivity contribution in [2.24, 2.45) is 0 Å². The Kier molecular flexibility index (Phi) is 3.54. The number of rotatable bonds is 4. The molecule has 0 aromatic carbocycles. The molecule has 2 fully saturated rings. The molecule has 2 aliphatic rings. The molecule has 0 spiro atoms. The molecule has 1 unspecified atom stereocenters. The number of ether oxygens (including phenoxy) is 1. The summed E-state index contributed by atoms with van der Waals surface area (Å²) in [5, 5.41) is 4.05. The maximum atomic E-state index is 5.46. The zero-order valence-electron chi connectivity index (χ0n) is 12.7. The van der Waals surface area contributed by atoms with E-state index in [1.54, 1.807) is 7.11 Å². The second-order valence-corrected chi connectivity index (χ2v) is 6.08. The van der Waals surface area contributed by atoms with E-state index in [2.05, 4.69) is 20.0 Å². The van der Waals surface area contributed by atoms with E-state index < -0.39 is 0 Å². The van der Waals surface area contributed by atoms with Crippen LogP contribution in [-0.2, 0) is 4.74 Å². The first-order valence-electron chi connectivity index (χ1n) is 7.91. The fourth-order valence-electron chi connectivity index (χ4n) is 2.90. The van der Waals surface area contributed by atoms with Gasteiger partial charge in [0, 0.05) is 32.3 Å².